The van der Waals surface area contributed by atoms with Crippen molar-refractivity contribution in [3.05, 3.63) is 40.4 Å². The molecule has 0 unspecified atom stereocenters. The molecular weight excluding hydrogens is 690 g/mol. The molecule has 9 nitrogen and oxygen atoms in total. The van der Waals surface area contributed by atoms with E-state index in [1.807, 2.05) is 44.0 Å². The van der Waals surface area contributed by atoms with E-state index < -0.39 is 19.5 Å². The first-order chi connectivity index (χ1) is 23.4. The molecule has 0 radical (unpaired) electrons. The number of aromatic nitrogens is 1. The van der Waals surface area contributed by atoms with Gasteiger partial charge in [-0.15, -0.1) is 11.3 Å². The Morgan fingerprint density at radius 2 is 1.90 bits per heavy atom. The number of halogens is 1. The van der Waals surface area contributed by atoms with E-state index >= 15 is 0 Å². The molecule has 6 rings (SSSR count). The van der Waals surface area contributed by atoms with Crippen molar-refractivity contribution in [1.82, 2.24) is 9.88 Å². The first-order valence-corrected chi connectivity index (χ1v) is 22.0. The molecule has 3 atom stereocenters. The van der Waals surface area contributed by atoms with Gasteiger partial charge in [-0.1, -0.05) is 32.4 Å². The Balaban J connectivity index is 1.34. The van der Waals surface area contributed by atoms with Gasteiger partial charge in [-0.05, 0) is 89.7 Å². The summed E-state index contributed by atoms with van der Waals surface area (Å²) in [5.74, 6) is 0.742. The summed E-state index contributed by atoms with van der Waals surface area (Å²) in [6, 6.07) is 8.14. The first kappa shape index (κ1) is 37.3. The van der Waals surface area contributed by atoms with E-state index in [0.29, 0.717) is 51.0 Å². The van der Waals surface area contributed by atoms with E-state index in [1.54, 1.807) is 11.3 Å². The summed E-state index contributed by atoms with van der Waals surface area (Å²) in [6.45, 7) is 22.5. The average Bonchev–Trinajstić information content (AvgIpc) is 3.62. The van der Waals surface area contributed by atoms with E-state index in [0.717, 1.165) is 56.9 Å². The lowest BCUT2D eigenvalue weighted by Gasteiger charge is -2.38. The standard InChI is InChI=1S/C38H54ClN3O6SSi/c1-36(2,3)48-35(43)42-22-26(21-38(42,7)24-46-32-12-10-11-16-45-32)41-15-17-44-31-19-25(39)18-29(33(31)41)28-13-14-40-30-20-27(49-34(28)30)23-47-50(8,9)37(4,5)6/h13-14,18-20,26,32H,10-12,15-17,21-24H2,1-9H3/t26-,32-,38-/m0/s1. The summed E-state index contributed by atoms with van der Waals surface area (Å²) in [5.41, 5.74) is 2.73. The monoisotopic (exact) mass is 743 g/mol. The van der Waals surface area contributed by atoms with Gasteiger partial charge in [-0.2, -0.15) is 0 Å². The summed E-state index contributed by atoms with van der Waals surface area (Å²) in [4.78, 5) is 24.0. The highest BCUT2D eigenvalue weighted by molar-refractivity contribution is 7.19. The number of nitrogens with zero attached hydrogens (tertiary/aromatic N) is 3. The van der Waals surface area contributed by atoms with Crippen LogP contribution in [0.1, 0.15) is 79.0 Å². The van der Waals surface area contributed by atoms with Gasteiger partial charge in [0.25, 0.3) is 0 Å². The summed E-state index contributed by atoms with van der Waals surface area (Å²) < 4.78 is 32.2. The summed E-state index contributed by atoms with van der Waals surface area (Å²) >= 11 is 8.52. The quantitative estimate of drug-likeness (QED) is 0.211. The zero-order chi connectivity index (χ0) is 36.1. The second-order valence-electron chi connectivity index (χ2n) is 16.7. The van der Waals surface area contributed by atoms with Crippen molar-refractivity contribution in [2.45, 2.75) is 122 Å². The van der Waals surface area contributed by atoms with Crippen LogP contribution in [0.4, 0.5) is 10.5 Å². The largest absolute Gasteiger partial charge is 0.489 e. The fourth-order valence-corrected chi connectivity index (χ4v) is 9.16. The Morgan fingerprint density at radius 3 is 2.60 bits per heavy atom. The van der Waals surface area contributed by atoms with Crippen molar-refractivity contribution >= 4 is 53.3 Å². The normalized spacial score (nSPS) is 23.2. The molecule has 2 saturated heterocycles. The van der Waals surface area contributed by atoms with Crippen molar-refractivity contribution in [2.75, 3.05) is 37.8 Å². The topological polar surface area (TPSA) is 82.6 Å². The Hall–Kier alpha value is -2.41. The predicted octanol–water partition coefficient (Wildman–Crippen LogP) is 9.65. The van der Waals surface area contributed by atoms with Crippen LogP contribution in [0, 0.1) is 0 Å². The van der Waals surface area contributed by atoms with E-state index in [2.05, 4.69) is 57.8 Å². The molecule has 2 aromatic heterocycles. The fraction of sp³-hybridized carbons (Fsp3) is 0.632. The Morgan fingerprint density at radius 1 is 1.12 bits per heavy atom. The number of benzene rings is 1. The number of likely N-dealkylation sites (tertiary alicyclic amines) is 1. The highest BCUT2D eigenvalue weighted by atomic mass is 35.5. The van der Waals surface area contributed by atoms with Gasteiger partial charge >= 0.3 is 6.09 Å². The summed E-state index contributed by atoms with van der Waals surface area (Å²) in [6.07, 6.45) is 4.96. The van der Waals surface area contributed by atoms with Crippen LogP contribution < -0.4 is 9.64 Å². The van der Waals surface area contributed by atoms with Gasteiger partial charge in [0.05, 0.1) is 41.2 Å². The van der Waals surface area contributed by atoms with Gasteiger partial charge in [0.1, 0.15) is 18.0 Å². The maximum absolute atomic E-state index is 13.8. The molecule has 274 valence electrons. The van der Waals surface area contributed by atoms with Crippen LogP contribution in [0.2, 0.25) is 23.2 Å². The summed E-state index contributed by atoms with van der Waals surface area (Å²) in [5, 5.41) is 0.734. The molecule has 2 fully saturated rings. The molecule has 3 aliphatic heterocycles. The number of anilines is 1. The SMILES string of the molecule is CC(C)(C)OC(=O)N1C[C@@H](N2CCOc3cc(Cl)cc(-c4ccnc5cc(CO[Si](C)(C)C(C)(C)C)sc45)c32)C[C@@]1(C)CO[C@H]1CCCCO1. The van der Waals surface area contributed by atoms with Crippen LogP contribution in [0.15, 0.2) is 30.5 Å². The van der Waals surface area contributed by atoms with Crippen LogP contribution in [-0.4, -0.2) is 80.7 Å². The third-order valence-corrected chi connectivity index (χ3v) is 16.4. The van der Waals surface area contributed by atoms with Crippen LogP contribution in [0.3, 0.4) is 0 Å². The molecule has 3 aliphatic rings. The molecule has 0 aliphatic carbocycles. The van der Waals surface area contributed by atoms with E-state index in [1.165, 1.54) is 0 Å². The minimum absolute atomic E-state index is 0.0137. The number of fused-ring (bicyclic) bond motifs is 2. The minimum Gasteiger partial charge on any atom is -0.489 e. The average molecular weight is 744 g/mol. The molecule has 0 saturated carbocycles. The summed E-state index contributed by atoms with van der Waals surface area (Å²) in [7, 11) is -1.93. The highest BCUT2D eigenvalue weighted by Crippen LogP contribution is 2.49. The van der Waals surface area contributed by atoms with Crippen molar-refractivity contribution in [3.8, 4) is 16.9 Å². The number of rotatable bonds is 8. The number of carbonyl (C=O) groups is 1. The van der Waals surface area contributed by atoms with Gasteiger partial charge in [-0.3, -0.25) is 9.88 Å². The number of amides is 1. The fourth-order valence-electron chi connectivity index (χ4n) is 6.84. The molecule has 5 heterocycles. The maximum Gasteiger partial charge on any atom is 0.410 e. The number of hydrogen-bond acceptors (Lipinski definition) is 9. The van der Waals surface area contributed by atoms with Crippen LogP contribution in [0.25, 0.3) is 21.3 Å². The molecule has 3 aromatic rings. The molecule has 0 bridgehead atoms. The molecule has 12 heteroatoms. The second-order valence-corrected chi connectivity index (χ2v) is 23.1. The number of pyridine rings is 1. The van der Waals surface area contributed by atoms with Crippen molar-refractivity contribution in [3.63, 3.8) is 0 Å². The lowest BCUT2D eigenvalue weighted by molar-refractivity contribution is -0.177. The van der Waals surface area contributed by atoms with Crippen LogP contribution in [0.5, 0.6) is 5.75 Å². The van der Waals surface area contributed by atoms with Crippen molar-refractivity contribution < 1.29 is 28.2 Å². The Bertz CT molecular complexity index is 1700. The van der Waals surface area contributed by atoms with E-state index in [-0.39, 0.29) is 23.5 Å². The van der Waals surface area contributed by atoms with Gasteiger partial charge in [0.15, 0.2) is 14.6 Å². The Kier molecular flexibility index (Phi) is 10.6. The second kappa shape index (κ2) is 14.2. The smallest absolute Gasteiger partial charge is 0.410 e. The van der Waals surface area contributed by atoms with Gasteiger partial charge in [-0.25, -0.2) is 4.79 Å². The first-order valence-electron chi connectivity index (χ1n) is 17.9. The van der Waals surface area contributed by atoms with Crippen molar-refractivity contribution in [2.24, 2.45) is 0 Å². The highest BCUT2D eigenvalue weighted by Gasteiger charge is 2.49. The molecule has 1 aromatic carbocycles. The minimum atomic E-state index is -1.93. The lowest BCUT2D eigenvalue weighted by Crippen LogP contribution is -2.50. The van der Waals surface area contributed by atoms with Crippen molar-refractivity contribution in [1.29, 1.82) is 0 Å². The number of thiophene rings is 1. The van der Waals surface area contributed by atoms with Crippen LogP contribution >= 0.6 is 22.9 Å². The van der Waals surface area contributed by atoms with Gasteiger partial charge in [0, 0.05) is 52.5 Å². The molecule has 50 heavy (non-hydrogen) atoms. The van der Waals surface area contributed by atoms with Gasteiger partial charge < -0.3 is 28.3 Å². The van der Waals surface area contributed by atoms with E-state index in [4.69, 9.17) is 40.0 Å². The molecule has 0 N–H and O–H groups in total. The molecule has 0 spiro atoms. The predicted molar refractivity (Wildman–Crippen MR) is 204 cm³/mol. The zero-order valence-electron chi connectivity index (χ0n) is 31.2. The lowest BCUT2D eigenvalue weighted by atomic mass is 9.95. The Labute approximate surface area is 307 Å². The maximum atomic E-state index is 13.8. The third-order valence-electron chi connectivity index (χ3n) is 10.5. The third kappa shape index (κ3) is 7.98. The number of hydrogen-bond donors (Lipinski definition) is 0. The zero-order valence-corrected chi connectivity index (χ0v) is 33.8. The number of ether oxygens (including phenoxy) is 4. The molecular formula is C38H54ClN3O6SSi. The van der Waals surface area contributed by atoms with Crippen LogP contribution in [-0.2, 0) is 25.2 Å². The number of carbonyl (C=O) groups excluding carboxylic acids is 1. The molecule has 1 amide bonds. The van der Waals surface area contributed by atoms with Gasteiger partial charge in [0.2, 0.25) is 0 Å². The van der Waals surface area contributed by atoms with E-state index in [9.17, 15) is 4.79 Å².